The first-order valence-electron chi connectivity index (χ1n) is 23.1. The molecule has 2 bridgehead atoms. The van der Waals surface area contributed by atoms with Crippen LogP contribution >= 0.6 is 0 Å². The van der Waals surface area contributed by atoms with E-state index in [4.69, 9.17) is 4.74 Å². The molecular weight excluding hydrogens is 685 g/mol. The number of carboxylic acid groups (broad SMARTS) is 1. The molecule has 7 aliphatic rings. The van der Waals surface area contributed by atoms with Crippen molar-refractivity contribution in [2.45, 2.75) is 194 Å². The van der Waals surface area contributed by atoms with Gasteiger partial charge in [-0.1, -0.05) is 116 Å². The molecule has 1 aromatic carbocycles. The van der Waals surface area contributed by atoms with E-state index in [0.29, 0.717) is 12.3 Å². The van der Waals surface area contributed by atoms with Crippen molar-refractivity contribution in [3.63, 3.8) is 0 Å². The Bertz CT molecular complexity index is 1560. The molecule has 8 rings (SSSR count). The van der Waals surface area contributed by atoms with Gasteiger partial charge < -0.3 is 25.2 Å². The summed E-state index contributed by atoms with van der Waals surface area (Å²) >= 11 is 0. The molecule has 0 radical (unpaired) electrons. The normalized spacial score (nSPS) is 49.1. The Kier molecular flexibility index (Phi) is 10.3. The smallest absolute Gasteiger partial charge is 0.309 e. The molecule has 55 heavy (non-hydrogen) atoms. The van der Waals surface area contributed by atoms with E-state index in [-0.39, 0.29) is 52.6 Å². The summed E-state index contributed by atoms with van der Waals surface area (Å²) in [6, 6.07) is 10.5. The maximum atomic E-state index is 13.0. The van der Waals surface area contributed by atoms with Gasteiger partial charge in [0.1, 0.15) is 0 Å². The SMILES string of the molecule is CCC[C@H]1[C@@]23CC[C@H]4[C@]5(C)CC[C@]6(C)CC[C@@](C)(C(=O)O)CC6[C@]5(CCCCCC5CCCC5)CC[C@@]4(C)[C@]2(CO)[C@@H](O)C[C@]1(O)O[C@H]3Cc1ccccc1. The minimum absolute atomic E-state index is 0.00854. The largest absolute Gasteiger partial charge is 0.481 e. The number of unbranched alkanes of at least 4 members (excludes halogenated alkanes) is 2. The number of ether oxygens (including phenoxy) is 1. The van der Waals surface area contributed by atoms with E-state index < -0.39 is 34.1 Å². The van der Waals surface area contributed by atoms with Gasteiger partial charge in [-0.2, -0.15) is 0 Å². The fourth-order valence-electron chi connectivity index (χ4n) is 17.3. The van der Waals surface area contributed by atoms with Crippen LogP contribution in [0.25, 0.3) is 0 Å². The molecule has 1 aliphatic heterocycles. The van der Waals surface area contributed by atoms with E-state index in [9.17, 15) is 25.2 Å². The van der Waals surface area contributed by atoms with Gasteiger partial charge in [-0.25, -0.2) is 0 Å². The van der Waals surface area contributed by atoms with Gasteiger partial charge in [-0.05, 0) is 129 Å². The molecule has 6 heteroatoms. The highest BCUT2D eigenvalue weighted by Crippen LogP contribution is 2.84. The molecule has 1 spiro atoms. The molecule has 0 amide bonds. The number of rotatable bonds is 12. The van der Waals surface area contributed by atoms with Crippen molar-refractivity contribution in [3.05, 3.63) is 35.9 Å². The number of hydrogen-bond acceptors (Lipinski definition) is 5. The predicted molar refractivity (Wildman–Crippen MR) is 217 cm³/mol. The quantitative estimate of drug-likeness (QED) is 0.158. The molecule has 1 heterocycles. The van der Waals surface area contributed by atoms with Gasteiger partial charge in [0.05, 0.1) is 24.2 Å². The Labute approximate surface area is 333 Å². The van der Waals surface area contributed by atoms with Crippen LogP contribution in [0.4, 0.5) is 0 Å². The Morgan fingerprint density at radius 2 is 1.53 bits per heavy atom. The van der Waals surface area contributed by atoms with E-state index in [2.05, 4.69) is 52.0 Å². The van der Waals surface area contributed by atoms with Gasteiger partial charge in [0, 0.05) is 23.2 Å². The lowest BCUT2D eigenvalue weighted by Crippen LogP contribution is -2.77. The monoisotopic (exact) mass is 761 g/mol. The van der Waals surface area contributed by atoms with Crippen molar-refractivity contribution in [1.29, 1.82) is 0 Å². The molecule has 6 aliphatic carbocycles. The first-order valence-corrected chi connectivity index (χ1v) is 23.1. The summed E-state index contributed by atoms with van der Waals surface area (Å²) in [7, 11) is 0. The van der Waals surface area contributed by atoms with Gasteiger partial charge in [-0.3, -0.25) is 4.79 Å². The number of hydrogen-bond donors (Lipinski definition) is 4. The summed E-state index contributed by atoms with van der Waals surface area (Å²) in [5.41, 5.74) is -1.23. The third kappa shape index (κ3) is 5.54. The van der Waals surface area contributed by atoms with Crippen molar-refractivity contribution in [1.82, 2.24) is 0 Å². The molecule has 0 aromatic heterocycles. The van der Waals surface area contributed by atoms with Crippen LogP contribution in [0.1, 0.15) is 175 Å². The number of carboxylic acids is 1. The maximum absolute atomic E-state index is 13.0. The summed E-state index contributed by atoms with van der Waals surface area (Å²) in [5, 5.41) is 48.2. The fraction of sp³-hybridized carbons (Fsp3) is 0.857. The van der Waals surface area contributed by atoms with E-state index in [1.54, 1.807) is 0 Å². The van der Waals surface area contributed by atoms with E-state index in [0.717, 1.165) is 83.0 Å². The van der Waals surface area contributed by atoms with Crippen LogP contribution in [0.5, 0.6) is 0 Å². The number of carbonyl (C=O) groups is 1. The van der Waals surface area contributed by atoms with Crippen LogP contribution in [-0.4, -0.2) is 51.0 Å². The van der Waals surface area contributed by atoms with Crippen LogP contribution < -0.4 is 0 Å². The van der Waals surface area contributed by atoms with Crippen molar-refractivity contribution in [2.24, 2.45) is 61.6 Å². The lowest BCUT2D eigenvalue weighted by molar-refractivity contribution is -0.339. The van der Waals surface area contributed by atoms with Gasteiger partial charge in [0.25, 0.3) is 0 Å². The highest BCUT2D eigenvalue weighted by molar-refractivity contribution is 5.74. The number of aliphatic hydroxyl groups excluding tert-OH is 2. The first kappa shape index (κ1) is 40.3. The van der Waals surface area contributed by atoms with Crippen LogP contribution in [0.2, 0.25) is 0 Å². The van der Waals surface area contributed by atoms with Gasteiger partial charge in [0.15, 0.2) is 5.79 Å². The molecule has 1 aromatic rings. The van der Waals surface area contributed by atoms with Gasteiger partial charge in [0.2, 0.25) is 0 Å². The Morgan fingerprint density at radius 1 is 0.818 bits per heavy atom. The second-order valence-corrected chi connectivity index (χ2v) is 22.0. The molecule has 6 saturated carbocycles. The van der Waals surface area contributed by atoms with Crippen LogP contribution in [0, 0.1) is 61.6 Å². The van der Waals surface area contributed by atoms with Crippen LogP contribution in [0.3, 0.4) is 0 Å². The average molecular weight is 761 g/mol. The third-order valence-corrected chi connectivity index (χ3v) is 20.0. The molecular formula is C49H76O6. The highest BCUT2D eigenvalue weighted by Gasteiger charge is 2.84. The summed E-state index contributed by atoms with van der Waals surface area (Å²) < 4.78 is 6.95. The second-order valence-electron chi connectivity index (χ2n) is 22.0. The number of aliphatic carboxylic acids is 1. The number of benzene rings is 1. The molecule has 1 unspecified atom stereocenters. The Balaban J connectivity index is 1.21. The lowest BCUT2D eigenvalue weighted by Gasteiger charge is -2.78. The summed E-state index contributed by atoms with van der Waals surface area (Å²) in [6.45, 7) is 11.7. The standard InChI is InChI=1S/C49H76O6/c1-6-15-37-47-23-21-36-44(4)27-26-42(2)24-25-43(3,41(52)53)31-38(42)46(44,22-14-8-11-16-34-17-12-13-18-34)29-28-45(36,5)48(47,33-50)39(51)32-49(37,54)55-40(47)30-35-19-9-7-10-20-35/h7,9-10,19-20,34,36-40,50-51,54H,6,8,11-18,21-33H2,1-5H3,(H,52,53)/t36-,37-,38?,39-,40-,42-,43+,44-,45+,46-,47+,48-,49-/m0/s1. The minimum Gasteiger partial charge on any atom is -0.481 e. The first-order chi connectivity index (χ1) is 26.1. The Hall–Kier alpha value is -1.47. The van der Waals surface area contributed by atoms with Crippen molar-refractivity contribution in [3.8, 4) is 0 Å². The van der Waals surface area contributed by atoms with E-state index in [1.807, 2.05) is 13.0 Å². The van der Waals surface area contributed by atoms with Crippen LogP contribution in [0.15, 0.2) is 30.3 Å². The van der Waals surface area contributed by atoms with Crippen molar-refractivity contribution < 1.29 is 30.0 Å². The highest BCUT2D eigenvalue weighted by atomic mass is 16.6. The predicted octanol–water partition coefficient (Wildman–Crippen LogP) is 10.5. The summed E-state index contributed by atoms with van der Waals surface area (Å²) in [5.74, 6) is -0.670. The minimum atomic E-state index is -1.41. The van der Waals surface area contributed by atoms with E-state index >= 15 is 0 Å². The second kappa shape index (κ2) is 14.1. The molecule has 7 fully saturated rings. The molecule has 1 saturated heterocycles. The molecule has 308 valence electrons. The summed E-state index contributed by atoms with van der Waals surface area (Å²) in [4.78, 5) is 13.0. The van der Waals surface area contributed by atoms with E-state index in [1.165, 1.54) is 56.9 Å². The van der Waals surface area contributed by atoms with Crippen molar-refractivity contribution >= 4 is 5.97 Å². The number of fused-ring (bicyclic) bond motifs is 7. The maximum Gasteiger partial charge on any atom is 0.309 e. The lowest BCUT2D eigenvalue weighted by atomic mass is 9.25. The fourth-order valence-corrected chi connectivity index (χ4v) is 17.3. The summed E-state index contributed by atoms with van der Waals surface area (Å²) in [6.07, 6.45) is 21.8. The molecule has 13 atom stereocenters. The zero-order valence-corrected chi connectivity index (χ0v) is 35.2. The number of aliphatic hydroxyl groups is 3. The topological polar surface area (TPSA) is 107 Å². The van der Waals surface area contributed by atoms with Gasteiger partial charge >= 0.3 is 5.97 Å². The molecule has 6 nitrogen and oxygen atoms in total. The van der Waals surface area contributed by atoms with Crippen LogP contribution in [-0.2, 0) is 16.0 Å². The average Bonchev–Trinajstić information content (AvgIpc) is 3.73. The molecule has 4 N–H and O–H groups in total. The van der Waals surface area contributed by atoms with Crippen molar-refractivity contribution in [2.75, 3.05) is 6.61 Å². The van der Waals surface area contributed by atoms with Gasteiger partial charge in [-0.15, -0.1) is 0 Å². The zero-order chi connectivity index (χ0) is 39.1. The third-order valence-electron chi connectivity index (χ3n) is 20.0. The zero-order valence-electron chi connectivity index (χ0n) is 35.2. The Morgan fingerprint density at radius 3 is 2.22 bits per heavy atom.